The third kappa shape index (κ3) is 23.7. The standard InChI is InChI=1S/C40H62N6O15/c1-26(47)41-17-19-60-21-23-61-22-20-59-18-15-34(49)43-25-28-5-9-29(10-6-28)36(52)44-33(24-27-7-11-30(48)12-8-27)37(53)42-16-3-2-4-31(38(54)55)45-40(58)46-32(39(56)57)13-14-35(50)51/h7-8,11-12,28-29,31-33,48H,2-6,9-10,13-25H2,1H3,(H,41,47)(H,42,53)(H,43,49)(H,44,52)(H,50,51)(H,54,55)(H,56,57)(H2,45,46,58)/t28?,29?,31-,32-,33+/m0/s1. The topological polar surface area (TPSA) is 317 Å². The average molecular weight is 867 g/mol. The molecule has 1 saturated carbocycles. The predicted molar refractivity (Wildman–Crippen MR) is 216 cm³/mol. The van der Waals surface area contributed by atoms with Gasteiger partial charge >= 0.3 is 23.9 Å². The molecule has 1 aliphatic rings. The van der Waals surface area contributed by atoms with Crippen LogP contribution in [-0.4, -0.2) is 145 Å². The summed E-state index contributed by atoms with van der Waals surface area (Å²) >= 11 is 0. The predicted octanol–water partition coefficient (Wildman–Crippen LogP) is 0.275. The molecule has 1 aromatic rings. The summed E-state index contributed by atoms with van der Waals surface area (Å²) in [6.45, 7) is 4.59. The van der Waals surface area contributed by atoms with Crippen LogP contribution in [0.4, 0.5) is 4.79 Å². The first-order valence-electron chi connectivity index (χ1n) is 20.5. The molecule has 0 bridgehead atoms. The number of ether oxygens (including phenoxy) is 3. The first kappa shape index (κ1) is 51.6. The van der Waals surface area contributed by atoms with Crippen molar-refractivity contribution in [2.75, 3.05) is 59.3 Å². The molecular formula is C40H62N6O15. The quantitative estimate of drug-likeness (QED) is 0.0448. The number of carboxylic acid groups (broad SMARTS) is 3. The van der Waals surface area contributed by atoms with Gasteiger partial charge in [0.2, 0.25) is 23.6 Å². The lowest BCUT2D eigenvalue weighted by Crippen LogP contribution is -2.51. The van der Waals surface area contributed by atoms with Gasteiger partial charge in [-0.25, -0.2) is 14.4 Å². The molecule has 342 valence electrons. The SMILES string of the molecule is CC(=O)NCCOCCOCCOCCC(=O)NCC1CCC(C(=O)N[C@H](Cc2ccc(O)cc2)C(=O)NCCCC[C@H](NC(=O)N[C@@H](CCC(=O)O)C(=O)O)C(=O)O)CC1. The molecule has 1 aliphatic carbocycles. The van der Waals surface area contributed by atoms with Crippen LogP contribution in [0, 0.1) is 11.8 Å². The summed E-state index contributed by atoms with van der Waals surface area (Å²) in [7, 11) is 0. The number of phenols is 1. The summed E-state index contributed by atoms with van der Waals surface area (Å²) in [6, 6.07) is 1.26. The van der Waals surface area contributed by atoms with Crippen LogP contribution in [-0.2, 0) is 54.2 Å². The summed E-state index contributed by atoms with van der Waals surface area (Å²) in [6.07, 6.45) is 2.45. The summed E-state index contributed by atoms with van der Waals surface area (Å²) in [4.78, 5) is 96.1. The van der Waals surface area contributed by atoms with Crippen LogP contribution in [0.2, 0.25) is 0 Å². The monoisotopic (exact) mass is 866 g/mol. The number of amides is 6. The van der Waals surface area contributed by atoms with Crippen molar-refractivity contribution in [1.29, 1.82) is 0 Å². The molecule has 0 saturated heterocycles. The molecular weight excluding hydrogens is 804 g/mol. The Morgan fingerprint density at radius 3 is 1.84 bits per heavy atom. The van der Waals surface area contributed by atoms with Crippen LogP contribution in [0.1, 0.15) is 76.7 Å². The van der Waals surface area contributed by atoms with E-state index in [1.165, 1.54) is 19.1 Å². The van der Waals surface area contributed by atoms with Crippen molar-refractivity contribution < 1.29 is 73.0 Å². The molecule has 10 N–H and O–H groups in total. The molecule has 0 aromatic heterocycles. The van der Waals surface area contributed by atoms with Crippen LogP contribution in [0.5, 0.6) is 5.75 Å². The van der Waals surface area contributed by atoms with Gasteiger partial charge in [-0.3, -0.25) is 24.0 Å². The lowest BCUT2D eigenvalue weighted by molar-refractivity contribution is -0.141. The van der Waals surface area contributed by atoms with Gasteiger partial charge in [-0.05, 0) is 75.0 Å². The number of carboxylic acids is 3. The zero-order valence-electron chi connectivity index (χ0n) is 34.6. The molecule has 2 rings (SSSR count). The number of carbonyl (C=O) groups excluding carboxylic acids is 5. The minimum atomic E-state index is -1.53. The molecule has 21 heteroatoms. The van der Waals surface area contributed by atoms with Crippen molar-refractivity contribution in [1.82, 2.24) is 31.9 Å². The first-order chi connectivity index (χ1) is 29.1. The second-order valence-corrected chi connectivity index (χ2v) is 14.6. The smallest absolute Gasteiger partial charge is 0.326 e. The van der Waals surface area contributed by atoms with E-state index in [0.717, 1.165) is 0 Å². The van der Waals surface area contributed by atoms with E-state index in [1.54, 1.807) is 12.1 Å². The third-order valence-electron chi connectivity index (χ3n) is 9.72. The number of hydrogen-bond acceptors (Lipinski definition) is 12. The highest BCUT2D eigenvalue weighted by Gasteiger charge is 2.30. The van der Waals surface area contributed by atoms with Crippen molar-refractivity contribution in [2.45, 2.75) is 95.7 Å². The maximum Gasteiger partial charge on any atom is 0.326 e. The molecule has 0 aliphatic heterocycles. The van der Waals surface area contributed by atoms with Crippen molar-refractivity contribution in [3.63, 3.8) is 0 Å². The largest absolute Gasteiger partial charge is 0.508 e. The maximum absolute atomic E-state index is 13.4. The molecule has 0 spiro atoms. The number of unbranched alkanes of at least 4 members (excludes halogenated alkanes) is 1. The number of hydrogen-bond donors (Lipinski definition) is 10. The van der Waals surface area contributed by atoms with Gasteiger partial charge < -0.3 is 66.5 Å². The van der Waals surface area contributed by atoms with Gasteiger partial charge in [-0.15, -0.1) is 0 Å². The average Bonchev–Trinajstić information content (AvgIpc) is 3.21. The number of phenolic OH excluding ortho intramolecular Hbond substituents is 1. The summed E-state index contributed by atoms with van der Waals surface area (Å²) in [5.74, 6) is -5.21. The molecule has 61 heavy (non-hydrogen) atoms. The van der Waals surface area contributed by atoms with Crippen LogP contribution < -0.4 is 31.9 Å². The molecule has 3 atom stereocenters. The van der Waals surface area contributed by atoms with Gasteiger partial charge in [0.05, 0.1) is 39.6 Å². The zero-order chi connectivity index (χ0) is 45.0. The first-order valence-corrected chi connectivity index (χ1v) is 20.5. The van der Waals surface area contributed by atoms with E-state index in [2.05, 4.69) is 31.9 Å². The Bertz CT molecular complexity index is 1560. The number of carbonyl (C=O) groups is 8. The van der Waals surface area contributed by atoms with Gasteiger partial charge in [0.15, 0.2) is 0 Å². The Kier molecular flexibility index (Phi) is 25.1. The molecule has 6 amide bonds. The van der Waals surface area contributed by atoms with Gasteiger partial charge in [0, 0.05) is 51.7 Å². The number of rotatable bonds is 31. The Morgan fingerprint density at radius 2 is 1.25 bits per heavy atom. The fraction of sp³-hybridized carbons (Fsp3) is 0.650. The maximum atomic E-state index is 13.4. The number of aliphatic carboxylic acids is 3. The molecule has 1 fully saturated rings. The summed E-state index contributed by atoms with van der Waals surface area (Å²) < 4.78 is 16.2. The molecule has 0 heterocycles. The van der Waals surface area contributed by atoms with Crippen molar-refractivity contribution >= 4 is 47.6 Å². The Balaban J connectivity index is 1.73. The van der Waals surface area contributed by atoms with E-state index < -0.39 is 60.8 Å². The molecule has 21 nitrogen and oxygen atoms in total. The fourth-order valence-electron chi connectivity index (χ4n) is 6.30. The highest BCUT2D eigenvalue weighted by atomic mass is 16.5. The van der Waals surface area contributed by atoms with Gasteiger partial charge in [0.25, 0.3) is 0 Å². The molecule has 1 aromatic carbocycles. The highest BCUT2D eigenvalue weighted by molar-refractivity contribution is 5.89. The second-order valence-electron chi connectivity index (χ2n) is 14.6. The zero-order valence-corrected chi connectivity index (χ0v) is 34.6. The third-order valence-corrected chi connectivity index (χ3v) is 9.72. The van der Waals surface area contributed by atoms with E-state index in [9.17, 15) is 53.7 Å². The number of aromatic hydroxyl groups is 1. The highest BCUT2D eigenvalue weighted by Crippen LogP contribution is 2.29. The van der Waals surface area contributed by atoms with Gasteiger partial charge in [0.1, 0.15) is 23.9 Å². The minimum absolute atomic E-state index is 0.0405. The van der Waals surface area contributed by atoms with Crippen LogP contribution >= 0.6 is 0 Å². The number of urea groups is 1. The minimum Gasteiger partial charge on any atom is -0.508 e. The van der Waals surface area contributed by atoms with Crippen molar-refractivity contribution in [3.05, 3.63) is 29.8 Å². The normalized spacial score (nSPS) is 16.2. The Hall–Kier alpha value is -5.54. The second kappa shape index (κ2) is 29.6. The Labute approximate surface area is 354 Å². The van der Waals surface area contributed by atoms with Crippen LogP contribution in [0.15, 0.2) is 24.3 Å². The van der Waals surface area contributed by atoms with Crippen molar-refractivity contribution in [3.8, 4) is 5.75 Å². The van der Waals surface area contributed by atoms with E-state index in [4.69, 9.17) is 19.3 Å². The van der Waals surface area contributed by atoms with Crippen LogP contribution in [0.25, 0.3) is 0 Å². The summed E-state index contributed by atoms with van der Waals surface area (Å²) in [5, 5.41) is 52.8. The fourth-order valence-corrected chi connectivity index (χ4v) is 6.30. The van der Waals surface area contributed by atoms with Gasteiger partial charge in [-0.2, -0.15) is 0 Å². The van der Waals surface area contributed by atoms with Crippen LogP contribution in [0.3, 0.4) is 0 Å². The lowest BCUT2D eigenvalue weighted by atomic mass is 9.81. The van der Waals surface area contributed by atoms with E-state index in [1.807, 2.05) is 0 Å². The summed E-state index contributed by atoms with van der Waals surface area (Å²) in [5.41, 5.74) is 0.691. The molecule has 0 radical (unpaired) electrons. The lowest BCUT2D eigenvalue weighted by Gasteiger charge is -2.29. The van der Waals surface area contributed by atoms with Crippen molar-refractivity contribution in [2.24, 2.45) is 11.8 Å². The number of benzene rings is 1. The van der Waals surface area contributed by atoms with Gasteiger partial charge in [-0.1, -0.05) is 12.1 Å². The van der Waals surface area contributed by atoms with E-state index in [-0.39, 0.29) is 74.1 Å². The van der Waals surface area contributed by atoms with E-state index in [0.29, 0.717) is 83.8 Å². The molecule has 0 unspecified atom stereocenters. The number of nitrogens with one attached hydrogen (secondary N) is 6. The van der Waals surface area contributed by atoms with E-state index >= 15 is 0 Å². The Morgan fingerprint density at radius 1 is 0.656 bits per heavy atom.